The van der Waals surface area contributed by atoms with Gasteiger partial charge in [-0.15, -0.1) is 0 Å². The van der Waals surface area contributed by atoms with Crippen molar-refractivity contribution in [2.24, 2.45) is 0 Å². The average Bonchev–Trinajstić information content (AvgIpc) is 3.49. The highest BCUT2D eigenvalue weighted by molar-refractivity contribution is 7.99. The Bertz CT molecular complexity index is 2270. The molecule has 9 rings (SSSR count). The lowest BCUT2D eigenvalue weighted by atomic mass is 10.1. The number of anilines is 3. The Labute approximate surface area is 263 Å². The zero-order valence-electron chi connectivity index (χ0n) is 24.0. The number of rotatable bonds is 4. The first-order valence-electron chi connectivity index (χ1n) is 14.8. The van der Waals surface area contributed by atoms with Gasteiger partial charge in [-0.05, 0) is 42.5 Å². The van der Waals surface area contributed by atoms with Gasteiger partial charge in [0.05, 0.1) is 17.1 Å². The summed E-state index contributed by atoms with van der Waals surface area (Å²) in [5.74, 6) is 1.86. The van der Waals surface area contributed by atoms with Crippen molar-refractivity contribution in [3.8, 4) is 34.2 Å². The highest BCUT2D eigenvalue weighted by atomic mass is 32.2. The fourth-order valence-electron chi connectivity index (χ4n) is 6.00. The predicted octanol–water partition coefficient (Wildman–Crippen LogP) is 10.7. The van der Waals surface area contributed by atoms with E-state index < -0.39 is 0 Å². The topological polar surface area (TPSA) is 55.1 Å². The molecule has 0 saturated carbocycles. The lowest BCUT2D eigenvalue weighted by molar-refractivity contribution is 0.669. The van der Waals surface area contributed by atoms with Gasteiger partial charge in [-0.1, -0.05) is 115 Å². The molecule has 0 amide bonds. The molecule has 1 aliphatic heterocycles. The van der Waals surface area contributed by atoms with Crippen LogP contribution in [0, 0.1) is 0 Å². The van der Waals surface area contributed by atoms with Crippen LogP contribution in [0.4, 0.5) is 17.1 Å². The molecule has 0 atom stereocenters. The molecule has 0 bridgehead atoms. The van der Waals surface area contributed by atoms with Crippen LogP contribution in [-0.4, -0.2) is 15.0 Å². The predicted molar refractivity (Wildman–Crippen MR) is 182 cm³/mol. The number of hydrogen-bond acceptors (Lipinski definition) is 6. The van der Waals surface area contributed by atoms with Crippen LogP contribution in [0.1, 0.15) is 0 Å². The molecular formula is C39H24N4OS. The summed E-state index contributed by atoms with van der Waals surface area (Å²) in [6, 6.07) is 49.7. The zero-order valence-corrected chi connectivity index (χ0v) is 24.8. The summed E-state index contributed by atoms with van der Waals surface area (Å²) in [6.45, 7) is 0. The van der Waals surface area contributed by atoms with Gasteiger partial charge in [0.2, 0.25) is 0 Å². The van der Waals surface area contributed by atoms with Gasteiger partial charge in [0, 0.05) is 37.3 Å². The monoisotopic (exact) mass is 596 g/mol. The Hall–Kier alpha value is -5.72. The molecule has 45 heavy (non-hydrogen) atoms. The fraction of sp³-hybridized carbons (Fsp3) is 0. The molecule has 0 N–H and O–H groups in total. The average molecular weight is 597 g/mol. The SMILES string of the molecule is c1ccc(-c2nc(-c3ccccc3)nc(-c3ccc4c(c3)oc3c(N5c6ccccc6Sc6ccccc65)cccc34)n2)cc1. The summed E-state index contributed by atoms with van der Waals surface area (Å²) >= 11 is 1.80. The van der Waals surface area contributed by atoms with Crippen molar-refractivity contribution >= 4 is 50.8 Å². The molecule has 0 saturated heterocycles. The smallest absolute Gasteiger partial charge is 0.164 e. The molecule has 0 radical (unpaired) electrons. The van der Waals surface area contributed by atoms with Crippen LogP contribution in [0.15, 0.2) is 160 Å². The number of fused-ring (bicyclic) bond motifs is 5. The molecule has 3 heterocycles. The highest BCUT2D eigenvalue weighted by Crippen LogP contribution is 2.53. The van der Waals surface area contributed by atoms with Crippen LogP contribution < -0.4 is 4.90 Å². The van der Waals surface area contributed by atoms with Crippen molar-refractivity contribution < 1.29 is 4.42 Å². The van der Waals surface area contributed by atoms with Crippen molar-refractivity contribution in [1.29, 1.82) is 0 Å². The molecule has 212 valence electrons. The van der Waals surface area contributed by atoms with Gasteiger partial charge in [0.15, 0.2) is 23.1 Å². The first kappa shape index (κ1) is 25.7. The van der Waals surface area contributed by atoms with Gasteiger partial charge >= 0.3 is 0 Å². The van der Waals surface area contributed by atoms with Crippen LogP contribution in [0.3, 0.4) is 0 Å². The number of aromatic nitrogens is 3. The first-order valence-corrected chi connectivity index (χ1v) is 15.6. The summed E-state index contributed by atoms with van der Waals surface area (Å²) in [7, 11) is 0. The van der Waals surface area contributed by atoms with Crippen LogP contribution in [-0.2, 0) is 0 Å². The number of para-hydroxylation sites is 3. The third-order valence-electron chi connectivity index (χ3n) is 8.11. The third kappa shape index (κ3) is 4.38. The number of furan rings is 1. The molecular weight excluding hydrogens is 573 g/mol. The van der Waals surface area contributed by atoms with E-state index in [-0.39, 0.29) is 0 Å². The van der Waals surface area contributed by atoms with Crippen molar-refractivity contribution in [1.82, 2.24) is 15.0 Å². The molecule has 6 aromatic carbocycles. The molecule has 6 heteroatoms. The minimum atomic E-state index is 0.598. The van der Waals surface area contributed by atoms with E-state index in [1.165, 1.54) is 9.79 Å². The van der Waals surface area contributed by atoms with E-state index in [0.717, 1.165) is 55.7 Å². The summed E-state index contributed by atoms with van der Waals surface area (Å²) in [5.41, 5.74) is 7.65. The van der Waals surface area contributed by atoms with E-state index >= 15 is 0 Å². The Morgan fingerprint density at radius 1 is 0.444 bits per heavy atom. The van der Waals surface area contributed by atoms with Gasteiger partial charge in [0.25, 0.3) is 0 Å². The van der Waals surface area contributed by atoms with E-state index in [2.05, 4.69) is 83.8 Å². The second kappa shape index (κ2) is 10.5. The molecule has 2 aromatic heterocycles. The quantitative estimate of drug-likeness (QED) is 0.201. The number of hydrogen-bond donors (Lipinski definition) is 0. The minimum absolute atomic E-state index is 0.598. The molecule has 8 aromatic rings. The molecule has 1 aliphatic rings. The van der Waals surface area contributed by atoms with E-state index in [0.29, 0.717) is 17.5 Å². The maximum Gasteiger partial charge on any atom is 0.164 e. The van der Waals surface area contributed by atoms with Crippen LogP contribution >= 0.6 is 11.8 Å². The van der Waals surface area contributed by atoms with E-state index in [1.807, 2.05) is 66.7 Å². The van der Waals surface area contributed by atoms with Crippen LogP contribution in [0.2, 0.25) is 0 Å². The fourth-order valence-corrected chi connectivity index (χ4v) is 7.06. The normalized spacial score (nSPS) is 12.3. The molecule has 0 fully saturated rings. The second-order valence-electron chi connectivity index (χ2n) is 10.9. The minimum Gasteiger partial charge on any atom is -0.454 e. The van der Waals surface area contributed by atoms with E-state index in [9.17, 15) is 0 Å². The largest absolute Gasteiger partial charge is 0.454 e. The van der Waals surface area contributed by atoms with Gasteiger partial charge in [-0.2, -0.15) is 0 Å². The Morgan fingerprint density at radius 2 is 0.978 bits per heavy atom. The summed E-state index contributed by atoms with van der Waals surface area (Å²) in [5, 5.41) is 2.11. The van der Waals surface area contributed by atoms with Gasteiger partial charge in [0.1, 0.15) is 5.58 Å². The second-order valence-corrected chi connectivity index (χ2v) is 12.0. The van der Waals surface area contributed by atoms with Crippen LogP contribution in [0.5, 0.6) is 0 Å². The number of benzene rings is 6. The Morgan fingerprint density at radius 3 is 1.60 bits per heavy atom. The van der Waals surface area contributed by atoms with Gasteiger partial charge < -0.3 is 9.32 Å². The highest BCUT2D eigenvalue weighted by Gasteiger charge is 2.27. The van der Waals surface area contributed by atoms with Crippen molar-refractivity contribution in [3.05, 3.63) is 146 Å². The van der Waals surface area contributed by atoms with E-state index in [1.54, 1.807) is 11.8 Å². The molecule has 5 nitrogen and oxygen atoms in total. The van der Waals surface area contributed by atoms with Crippen molar-refractivity contribution in [3.63, 3.8) is 0 Å². The Balaban J connectivity index is 1.22. The Kier molecular flexibility index (Phi) is 5.99. The van der Waals surface area contributed by atoms with Crippen LogP contribution in [0.25, 0.3) is 56.1 Å². The maximum absolute atomic E-state index is 6.74. The third-order valence-corrected chi connectivity index (χ3v) is 9.24. The maximum atomic E-state index is 6.74. The van der Waals surface area contributed by atoms with Crippen molar-refractivity contribution in [2.75, 3.05) is 4.90 Å². The zero-order chi connectivity index (χ0) is 29.7. The lowest BCUT2D eigenvalue weighted by Gasteiger charge is -2.32. The molecule has 0 unspecified atom stereocenters. The number of nitrogens with zero attached hydrogens (tertiary/aromatic N) is 4. The summed E-state index contributed by atoms with van der Waals surface area (Å²) in [6.07, 6.45) is 0. The summed E-state index contributed by atoms with van der Waals surface area (Å²) in [4.78, 5) is 19.4. The van der Waals surface area contributed by atoms with E-state index in [4.69, 9.17) is 19.4 Å². The molecule has 0 spiro atoms. The standard InChI is InChI=1S/C39H24N4OS/c1-3-12-25(13-4-1)37-40-38(26-14-5-2-6-15-26)42-39(41-37)27-22-23-28-29-16-11-19-32(36(29)44-33(28)24-27)43-30-17-7-9-20-34(30)45-35-21-10-8-18-31(35)43/h1-24H. The summed E-state index contributed by atoms with van der Waals surface area (Å²) < 4.78 is 6.74. The first-order chi connectivity index (χ1) is 22.3. The lowest BCUT2D eigenvalue weighted by Crippen LogP contribution is -2.14. The van der Waals surface area contributed by atoms with Gasteiger partial charge in [-0.3, -0.25) is 0 Å². The van der Waals surface area contributed by atoms with Gasteiger partial charge in [-0.25, -0.2) is 15.0 Å². The molecule has 0 aliphatic carbocycles. The van der Waals surface area contributed by atoms with Crippen molar-refractivity contribution in [2.45, 2.75) is 9.79 Å².